The first-order valence-electron chi connectivity index (χ1n) is 8.73. The number of sulfone groups is 1. The van der Waals surface area contributed by atoms with E-state index in [2.05, 4.69) is 15.0 Å². The third-order valence-electron chi connectivity index (χ3n) is 5.41. The topological polar surface area (TPSA) is 107 Å². The van der Waals surface area contributed by atoms with E-state index in [0.717, 1.165) is 5.69 Å². The van der Waals surface area contributed by atoms with Gasteiger partial charge in [-0.05, 0) is 19.4 Å². The molecule has 10 heteroatoms. The van der Waals surface area contributed by atoms with Crippen LogP contribution in [0.1, 0.15) is 22.6 Å². The highest BCUT2D eigenvalue weighted by Gasteiger charge is 2.62. The SMILES string of the molecule is Cc1ccnc(OCC2CCS(=O)(=O)C23CN(C(=O)c2cn(C)cn2)C3)n1. The average molecular weight is 391 g/mol. The monoisotopic (exact) mass is 391 g/mol. The highest BCUT2D eigenvalue weighted by atomic mass is 32.2. The molecule has 2 aliphatic heterocycles. The van der Waals surface area contributed by atoms with Gasteiger partial charge in [-0.15, -0.1) is 0 Å². The van der Waals surface area contributed by atoms with Crippen LogP contribution in [0.15, 0.2) is 24.8 Å². The number of hydrogen-bond donors (Lipinski definition) is 0. The molecule has 2 aromatic rings. The zero-order valence-electron chi connectivity index (χ0n) is 15.2. The third kappa shape index (κ3) is 2.97. The van der Waals surface area contributed by atoms with E-state index in [0.29, 0.717) is 12.1 Å². The normalized spacial score (nSPS) is 22.6. The summed E-state index contributed by atoms with van der Waals surface area (Å²) in [6.07, 6.45) is 5.30. The molecule has 2 fully saturated rings. The number of nitrogens with zero attached hydrogens (tertiary/aromatic N) is 5. The maximum absolute atomic E-state index is 12.7. The molecular weight excluding hydrogens is 370 g/mol. The molecule has 1 unspecified atom stereocenters. The number of hydrogen-bond acceptors (Lipinski definition) is 7. The van der Waals surface area contributed by atoms with Gasteiger partial charge in [0.15, 0.2) is 9.84 Å². The maximum Gasteiger partial charge on any atom is 0.316 e. The van der Waals surface area contributed by atoms with Gasteiger partial charge in [-0.3, -0.25) is 4.79 Å². The summed E-state index contributed by atoms with van der Waals surface area (Å²) < 4.78 is 31.8. The van der Waals surface area contributed by atoms with Crippen LogP contribution in [-0.2, 0) is 16.9 Å². The van der Waals surface area contributed by atoms with Crippen molar-refractivity contribution >= 4 is 15.7 Å². The minimum atomic E-state index is -3.30. The number of carbonyl (C=O) groups is 1. The molecule has 0 saturated carbocycles. The molecule has 1 amide bonds. The first kappa shape index (κ1) is 17.9. The lowest BCUT2D eigenvalue weighted by Crippen LogP contribution is -2.69. The number of carbonyl (C=O) groups excluding carboxylic acids is 1. The van der Waals surface area contributed by atoms with Crippen LogP contribution < -0.4 is 4.74 Å². The molecule has 0 N–H and O–H groups in total. The summed E-state index contributed by atoms with van der Waals surface area (Å²) in [4.78, 5) is 26.4. The Labute approximate surface area is 157 Å². The molecule has 0 aromatic carbocycles. The summed E-state index contributed by atoms with van der Waals surface area (Å²) in [5, 5.41) is 0. The second-order valence-electron chi connectivity index (χ2n) is 7.25. The van der Waals surface area contributed by atoms with Crippen molar-refractivity contribution in [3.8, 4) is 6.01 Å². The number of aryl methyl sites for hydroxylation is 2. The largest absolute Gasteiger partial charge is 0.463 e. The van der Waals surface area contributed by atoms with E-state index < -0.39 is 14.6 Å². The zero-order valence-corrected chi connectivity index (χ0v) is 16.0. The highest BCUT2D eigenvalue weighted by Crippen LogP contribution is 2.45. The maximum atomic E-state index is 12.7. The van der Waals surface area contributed by atoms with E-state index in [9.17, 15) is 13.2 Å². The van der Waals surface area contributed by atoms with Crippen molar-refractivity contribution < 1.29 is 17.9 Å². The van der Waals surface area contributed by atoms with Gasteiger partial charge < -0.3 is 14.2 Å². The highest BCUT2D eigenvalue weighted by molar-refractivity contribution is 7.93. The quantitative estimate of drug-likeness (QED) is 0.734. The second-order valence-corrected chi connectivity index (χ2v) is 9.70. The van der Waals surface area contributed by atoms with Crippen molar-refractivity contribution in [1.82, 2.24) is 24.4 Å². The molecule has 1 spiro atoms. The molecule has 9 nitrogen and oxygen atoms in total. The van der Waals surface area contributed by atoms with Crippen molar-refractivity contribution in [3.63, 3.8) is 0 Å². The van der Waals surface area contributed by atoms with Gasteiger partial charge in [0, 0.05) is 44.1 Å². The van der Waals surface area contributed by atoms with Crippen LogP contribution in [0, 0.1) is 12.8 Å². The van der Waals surface area contributed by atoms with Gasteiger partial charge in [0.2, 0.25) is 0 Å². The fourth-order valence-corrected chi connectivity index (χ4v) is 6.21. The van der Waals surface area contributed by atoms with Crippen LogP contribution in [0.3, 0.4) is 0 Å². The van der Waals surface area contributed by atoms with Crippen molar-refractivity contribution in [1.29, 1.82) is 0 Å². The molecule has 1 atom stereocenters. The molecule has 144 valence electrons. The van der Waals surface area contributed by atoms with Crippen LogP contribution in [0.5, 0.6) is 6.01 Å². The minimum absolute atomic E-state index is 0.112. The van der Waals surface area contributed by atoms with Crippen molar-refractivity contribution in [2.24, 2.45) is 13.0 Å². The Balaban J connectivity index is 1.47. The predicted octanol–water partition coefficient (Wildman–Crippen LogP) is 0.227. The lowest BCUT2D eigenvalue weighted by atomic mass is 9.83. The van der Waals surface area contributed by atoms with E-state index in [1.54, 1.807) is 41.3 Å². The Morgan fingerprint density at radius 3 is 2.81 bits per heavy atom. The Kier molecular flexibility index (Phi) is 4.17. The van der Waals surface area contributed by atoms with Crippen LogP contribution >= 0.6 is 0 Å². The van der Waals surface area contributed by atoms with E-state index >= 15 is 0 Å². The Morgan fingerprint density at radius 1 is 1.37 bits per heavy atom. The van der Waals surface area contributed by atoms with Gasteiger partial charge in [0.25, 0.3) is 5.91 Å². The fourth-order valence-electron chi connectivity index (χ4n) is 3.81. The van der Waals surface area contributed by atoms with Crippen LogP contribution in [0.4, 0.5) is 0 Å². The van der Waals surface area contributed by atoms with Crippen molar-refractivity contribution in [2.75, 3.05) is 25.4 Å². The molecule has 2 aliphatic rings. The molecule has 4 rings (SSSR count). The number of ether oxygens (including phenoxy) is 1. The molecule has 2 saturated heterocycles. The summed E-state index contributed by atoms with van der Waals surface area (Å²) >= 11 is 0. The van der Waals surface area contributed by atoms with Crippen LogP contribution in [-0.4, -0.2) is 68.9 Å². The fraction of sp³-hybridized carbons (Fsp3) is 0.529. The number of likely N-dealkylation sites (tertiary alicyclic amines) is 1. The van der Waals surface area contributed by atoms with Gasteiger partial charge in [0.1, 0.15) is 10.4 Å². The average Bonchev–Trinajstić information content (AvgIpc) is 3.12. The molecule has 27 heavy (non-hydrogen) atoms. The number of rotatable bonds is 4. The number of imidazole rings is 1. The smallest absolute Gasteiger partial charge is 0.316 e. The minimum Gasteiger partial charge on any atom is -0.463 e. The second kappa shape index (κ2) is 6.29. The molecule has 0 aliphatic carbocycles. The van der Waals surface area contributed by atoms with Gasteiger partial charge in [-0.25, -0.2) is 23.4 Å². The van der Waals surface area contributed by atoms with Gasteiger partial charge in [0.05, 0.1) is 18.7 Å². The molecule has 2 aromatic heterocycles. The van der Waals surface area contributed by atoms with Crippen molar-refractivity contribution in [2.45, 2.75) is 18.1 Å². The van der Waals surface area contributed by atoms with Crippen LogP contribution in [0.25, 0.3) is 0 Å². The summed E-state index contributed by atoms with van der Waals surface area (Å²) in [5.74, 6) is -0.328. The predicted molar refractivity (Wildman–Crippen MR) is 96.0 cm³/mol. The first-order valence-corrected chi connectivity index (χ1v) is 10.4. The first-order chi connectivity index (χ1) is 12.8. The third-order valence-corrected chi connectivity index (χ3v) is 8.02. The molecular formula is C17H21N5O4S. The van der Waals surface area contributed by atoms with E-state index in [-0.39, 0.29) is 43.3 Å². The summed E-state index contributed by atoms with van der Waals surface area (Å²) in [6, 6.07) is 2.01. The lowest BCUT2D eigenvalue weighted by molar-refractivity contribution is 0.0398. The summed E-state index contributed by atoms with van der Waals surface area (Å²) in [7, 11) is -1.51. The Bertz CT molecular complexity index is 981. The van der Waals surface area contributed by atoms with Crippen molar-refractivity contribution in [3.05, 3.63) is 36.2 Å². The Hall–Kier alpha value is -2.49. The zero-order chi connectivity index (χ0) is 19.2. The van der Waals surface area contributed by atoms with Gasteiger partial charge in [-0.2, -0.15) is 0 Å². The molecule has 0 radical (unpaired) electrons. The van der Waals surface area contributed by atoms with E-state index in [1.807, 2.05) is 6.92 Å². The molecule has 4 heterocycles. The summed E-state index contributed by atoms with van der Waals surface area (Å²) in [6.45, 7) is 2.40. The standard InChI is InChI=1S/C17H21N5O4S/c1-12-3-5-18-16(20-12)26-8-13-4-6-27(24,25)17(13)9-22(10-17)15(23)14-7-21(2)11-19-14/h3,5,7,11,13H,4,6,8-10H2,1-2H3. The van der Waals surface area contributed by atoms with E-state index in [1.165, 1.54) is 0 Å². The van der Waals surface area contributed by atoms with Gasteiger partial charge >= 0.3 is 6.01 Å². The molecule has 0 bridgehead atoms. The number of aromatic nitrogens is 4. The Morgan fingerprint density at radius 2 is 2.15 bits per heavy atom. The number of amides is 1. The lowest BCUT2D eigenvalue weighted by Gasteiger charge is -2.49. The van der Waals surface area contributed by atoms with Gasteiger partial charge in [-0.1, -0.05) is 0 Å². The van der Waals surface area contributed by atoms with E-state index in [4.69, 9.17) is 4.74 Å². The van der Waals surface area contributed by atoms with Crippen LogP contribution in [0.2, 0.25) is 0 Å². The summed E-state index contributed by atoms with van der Waals surface area (Å²) in [5.41, 5.74) is 1.10.